The predicted molar refractivity (Wildman–Crippen MR) is 109 cm³/mol. The van der Waals surface area contributed by atoms with E-state index in [-0.39, 0.29) is 5.91 Å². The molecule has 0 aliphatic carbocycles. The number of methoxy groups -OCH3 is 3. The van der Waals surface area contributed by atoms with Gasteiger partial charge >= 0.3 is 0 Å². The van der Waals surface area contributed by atoms with E-state index in [4.69, 9.17) is 14.2 Å². The van der Waals surface area contributed by atoms with Crippen molar-refractivity contribution in [2.45, 2.75) is 25.7 Å². The lowest BCUT2D eigenvalue weighted by atomic mass is 9.90. The molecule has 0 saturated carbocycles. The van der Waals surface area contributed by atoms with Gasteiger partial charge in [-0.15, -0.1) is 0 Å². The molecule has 1 amide bonds. The lowest BCUT2D eigenvalue weighted by Gasteiger charge is -2.32. The van der Waals surface area contributed by atoms with Crippen molar-refractivity contribution in [2.75, 3.05) is 34.4 Å². The summed E-state index contributed by atoms with van der Waals surface area (Å²) < 4.78 is 16.2. The molecule has 0 bridgehead atoms. The van der Waals surface area contributed by atoms with Gasteiger partial charge in [-0.2, -0.15) is 0 Å². The van der Waals surface area contributed by atoms with Gasteiger partial charge in [0.05, 0.1) is 26.9 Å². The Morgan fingerprint density at radius 3 is 2.21 bits per heavy atom. The molecule has 2 aromatic carbocycles. The smallest absolute Gasteiger partial charge is 0.257 e. The van der Waals surface area contributed by atoms with Crippen LogP contribution in [0.15, 0.2) is 42.5 Å². The second kappa shape index (κ2) is 9.49. The highest BCUT2D eigenvalue weighted by Crippen LogP contribution is 2.40. The number of amides is 1. The minimum atomic E-state index is -0.0145. The number of hydrogen-bond acceptors (Lipinski definition) is 4. The van der Waals surface area contributed by atoms with E-state index in [1.807, 2.05) is 4.90 Å². The van der Waals surface area contributed by atoms with Crippen LogP contribution < -0.4 is 14.2 Å². The average Bonchev–Trinajstić information content (AvgIpc) is 2.77. The van der Waals surface area contributed by atoms with Gasteiger partial charge in [0.25, 0.3) is 5.91 Å². The van der Waals surface area contributed by atoms with Crippen molar-refractivity contribution in [2.24, 2.45) is 5.92 Å². The Balaban J connectivity index is 1.62. The number of carbonyl (C=O) groups excluding carboxylic acids is 1. The maximum atomic E-state index is 13.1. The molecule has 1 saturated heterocycles. The minimum absolute atomic E-state index is 0.0145. The summed E-state index contributed by atoms with van der Waals surface area (Å²) >= 11 is 0. The zero-order valence-corrected chi connectivity index (χ0v) is 16.9. The molecule has 1 fully saturated rings. The van der Waals surface area contributed by atoms with Crippen molar-refractivity contribution in [3.63, 3.8) is 0 Å². The van der Waals surface area contributed by atoms with Crippen molar-refractivity contribution in [3.8, 4) is 17.2 Å². The number of nitrogens with zero attached hydrogens (tertiary/aromatic N) is 1. The van der Waals surface area contributed by atoms with E-state index in [9.17, 15) is 4.79 Å². The van der Waals surface area contributed by atoms with Gasteiger partial charge in [0.15, 0.2) is 11.5 Å². The molecular weight excluding hydrogens is 354 g/mol. The molecule has 5 nitrogen and oxygen atoms in total. The second-order valence-corrected chi connectivity index (χ2v) is 7.14. The van der Waals surface area contributed by atoms with E-state index in [1.54, 1.807) is 33.5 Å². The number of likely N-dealkylation sites (tertiary alicyclic amines) is 1. The lowest BCUT2D eigenvalue weighted by molar-refractivity contribution is 0.0683. The summed E-state index contributed by atoms with van der Waals surface area (Å²) in [7, 11) is 4.66. The Labute approximate surface area is 167 Å². The summed E-state index contributed by atoms with van der Waals surface area (Å²) in [6, 6.07) is 14.1. The molecule has 0 aromatic heterocycles. The standard InChI is InChI=1S/C23H29NO4/c1-26-20-12-11-19(21(27-2)22(20)28-3)23(25)24-15-13-18(14-16-24)10-9-17-7-5-4-6-8-17/h4-8,11-12,18H,9-10,13-16H2,1-3H3. The number of hydrogen-bond donors (Lipinski definition) is 0. The summed E-state index contributed by atoms with van der Waals surface area (Å²) in [6.45, 7) is 1.55. The van der Waals surface area contributed by atoms with Crippen LogP contribution in [-0.4, -0.2) is 45.2 Å². The molecule has 28 heavy (non-hydrogen) atoms. The van der Waals surface area contributed by atoms with Crippen LogP contribution in [0.5, 0.6) is 17.2 Å². The second-order valence-electron chi connectivity index (χ2n) is 7.14. The third-order valence-corrected chi connectivity index (χ3v) is 5.52. The maximum Gasteiger partial charge on any atom is 0.257 e. The van der Waals surface area contributed by atoms with E-state index >= 15 is 0 Å². The first-order valence-corrected chi connectivity index (χ1v) is 9.80. The molecule has 150 valence electrons. The van der Waals surface area contributed by atoms with E-state index in [0.717, 1.165) is 32.4 Å². The number of benzene rings is 2. The summed E-state index contributed by atoms with van der Waals surface area (Å²) in [6.07, 6.45) is 4.34. The van der Waals surface area contributed by atoms with Crippen molar-refractivity contribution in [3.05, 3.63) is 53.6 Å². The van der Waals surface area contributed by atoms with Crippen LogP contribution in [0.2, 0.25) is 0 Å². The molecule has 0 spiro atoms. The number of ether oxygens (including phenoxy) is 3. The Bertz CT molecular complexity index is 783. The van der Waals surface area contributed by atoms with Gasteiger partial charge in [-0.3, -0.25) is 4.79 Å². The van der Waals surface area contributed by atoms with E-state index < -0.39 is 0 Å². The number of carbonyl (C=O) groups is 1. The summed E-state index contributed by atoms with van der Waals surface area (Å²) in [5, 5.41) is 0. The van der Waals surface area contributed by atoms with Gasteiger partial charge < -0.3 is 19.1 Å². The molecule has 0 atom stereocenters. The lowest BCUT2D eigenvalue weighted by Crippen LogP contribution is -2.38. The van der Waals surface area contributed by atoms with Gasteiger partial charge in [-0.25, -0.2) is 0 Å². The van der Waals surface area contributed by atoms with E-state index in [2.05, 4.69) is 30.3 Å². The van der Waals surface area contributed by atoms with Crippen LogP contribution in [0.3, 0.4) is 0 Å². The van der Waals surface area contributed by atoms with Crippen molar-refractivity contribution in [1.29, 1.82) is 0 Å². The quantitative estimate of drug-likeness (QED) is 0.719. The highest BCUT2D eigenvalue weighted by molar-refractivity contribution is 5.98. The minimum Gasteiger partial charge on any atom is -0.493 e. The summed E-state index contributed by atoms with van der Waals surface area (Å²) in [5.41, 5.74) is 1.90. The molecule has 2 aromatic rings. The van der Waals surface area contributed by atoms with Gasteiger partial charge in [0.2, 0.25) is 5.75 Å². The van der Waals surface area contributed by atoms with Crippen LogP contribution in [0.25, 0.3) is 0 Å². The molecule has 0 N–H and O–H groups in total. The van der Waals surface area contributed by atoms with Gasteiger partial charge in [-0.1, -0.05) is 30.3 Å². The molecule has 1 aliphatic rings. The largest absolute Gasteiger partial charge is 0.493 e. The molecule has 0 radical (unpaired) electrons. The third-order valence-electron chi connectivity index (χ3n) is 5.52. The normalized spacial score (nSPS) is 14.6. The zero-order valence-electron chi connectivity index (χ0n) is 16.9. The summed E-state index contributed by atoms with van der Waals surface area (Å²) in [5.74, 6) is 2.08. The Kier molecular flexibility index (Phi) is 6.80. The first-order chi connectivity index (χ1) is 13.7. The van der Waals surface area contributed by atoms with Crippen molar-refractivity contribution >= 4 is 5.91 Å². The Morgan fingerprint density at radius 2 is 1.61 bits per heavy atom. The SMILES string of the molecule is COc1ccc(C(=O)N2CCC(CCc3ccccc3)CC2)c(OC)c1OC. The number of piperidine rings is 1. The molecule has 3 rings (SSSR count). The van der Waals surface area contributed by atoms with Crippen LogP contribution >= 0.6 is 0 Å². The topological polar surface area (TPSA) is 48.0 Å². The number of aryl methyl sites for hydroxylation is 1. The van der Waals surface area contributed by atoms with Gasteiger partial charge in [-0.05, 0) is 49.3 Å². The van der Waals surface area contributed by atoms with Crippen molar-refractivity contribution in [1.82, 2.24) is 4.90 Å². The van der Waals surface area contributed by atoms with Crippen LogP contribution in [0.4, 0.5) is 0 Å². The van der Waals surface area contributed by atoms with Gasteiger partial charge in [0.1, 0.15) is 0 Å². The third kappa shape index (κ3) is 4.41. The summed E-state index contributed by atoms with van der Waals surface area (Å²) in [4.78, 5) is 15.0. The van der Waals surface area contributed by atoms with E-state index in [0.29, 0.717) is 28.7 Å². The monoisotopic (exact) mass is 383 g/mol. The van der Waals surface area contributed by atoms with Crippen LogP contribution in [-0.2, 0) is 6.42 Å². The predicted octanol–water partition coefficient (Wildman–Crippen LogP) is 4.20. The first kappa shape index (κ1) is 20.1. The fraction of sp³-hybridized carbons (Fsp3) is 0.435. The zero-order chi connectivity index (χ0) is 19.9. The van der Waals surface area contributed by atoms with Crippen LogP contribution in [0.1, 0.15) is 35.2 Å². The fourth-order valence-electron chi connectivity index (χ4n) is 3.88. The molecule has 1 aliphatic heterocycles. The Hall–Kier alpha value is -2.69. The first-order valence-electron chi connectivity index (χ1n) is 9.80. The van der Waals surface area contributed by atoms with Gasteiger partial charge in [0, 0.05) is 13.1 Å². The van der Waals surface area contributed by atoms with Crippen molar-refractivity contribution < 1.29 is 19.0 Å². The Morgan fingerprint density at radius 1 is 0.929 bits per heavy atom. The van der Waals surface area contributed by atoms with Crippen LogP contribution in [0, 0.1) is 5.92 Å². The highest BCUT2D eigenvalue weighted by atomic mass is 16.5. The average molecular weight is 383 g/mol. The van der Waals surface area contributed by atoms with E-state index in [1.165, 1.54) is 12.0 Å². The molecule has 1 heterocycles. The number of rotatable bonds is 7. The molecule has 0 unspecified atom stereocenters. The molecule has 5 heteroatoms. The fourth-order valence-corrected chi connectivity index (χ4v) is 3.88. The molecular formula is C23H29NO4. The maximum absolute atomic E-state index is 13.1. The highest BCUT2D eigenvalue weighted by Gasteiger charge is 2.27.